The van der Waals surface area contributed by atoms with Gasteiger partial charge >= 0.3 is 0 Å². The fraction of sp³-hybridized carbons (Fsp3) is 0.400. The third-order valence-corrected chi connectivity index (χ3v) is 5.75. The number of hydrogen-bond acceptors (Lipinski definition) is 7. The maximum Gasteiger partial charge on any atom is 0.266 e. The zero-order valence-electron chi connectivity index (χ0n) is 19.0. The van der Waals surface area contributed by atoms with Crippen molar-refractivity contribution in [2.45, 2.75) is 33.1 Å². The topological polar surface area (TPSA) is 95.7 Å². The van der Waals surface area contributed by atoms with Gasteiger partial charge in [0.05, 0.1) is 12.9 Å². The highest BCUT2D eigenvalue weighted by Gasteiger charge is 2.26. The lowest BCUT2D eigenvalue weighted by molar-refractivity contribution is -0.131. The van der Waals surface area contributed by atoms with E-state index in [-0.39, 0.29) is 17.5 Å². The number of aromatic nitrogens is 1. The molecule has 3 heterocycles. The van der Waals surface area contributed by atoms with Crippen LogP contribution >= 0.6 is 0 Å². The number of ether oxygens (including phenoxy) is 1. The quantitative estimate of drug-likeness (QED) is 0.474. The van der Waals surface area contributed by atoms with Crippen LogP contribution in [0.15, 0.2) is 45.4 Å². The van der Waals surface area contributed by atoms with E-state index in [9.17, 15) is 10.1 Å². The minimum absolute atomic E-state index is 0.149. The zero-order valence-corrected chi connectivity index (χ0v) is 19.0. The van der Waals surface area contributed by atoms with E-state index in [1.807, 2.05) is 29.7 Å². The molecule has 1 aliphatic heterocycles. The SMILES string of the molecule is Cc1ccc(C)c(OCCCCC(=O)N2CCN(c3oc(-c4ccco4)nc3C#N)CC2)c1. The normalized spacial score (nSPS) is 13.7. The summed E-state index contributed by atoms with van der Waals surface area (Å²) in [6, 6.07) is 11.7. The lowest BCUT2D eigenvalue weighted by atomic mass is 10.1. The van der Waals surface area contributed by atoms with Crippen LogP contribution in [0.5, 0.6) is 5.75 Å². The van der Waals surface area contributed by atoms with E-state index in [0.29, 0.717) is 50.9 Å². The second-order valence-corrected chi connectivity index (χ2v) is 8.20. The molecule has 8 heteroatoms. The molecule has 1 amide bonds. The van der Waals surface area contributed by atoms with Crippen LogP contribution in [-0.2, 0) is 4.79 Å². The van der Waals surface area contributed by atoms with E-state index >= 15 is 0 Å². The number of aryl methyl sites for hydroxylation is 2. The number of benzene rings is 1. The van der Waals surface area contributed by atoms with Crippen LogP contribution < -0.4 is 9.64 Å². The van der Waals surface area contributed by atoms with E-state index < -0.39 is 0 Å². The fourth-order valence-corrected chi connectivity index (χ4v) is 3.85. The van der Waals surface area contributed by atoms with Crippen molar-refractivity contribution in [3.05, 3.63) is 53.4 Å². The van der Waals surface area contributed by atoms with Crippen LogP contribution in [0.25, 0.3) is 11.7 Å². The molecule has 0 aliphatic carbocycles. The number of furan rings is 1. The van der Waals surface area contributed by atoms with Gasteiger partial charge in [-0.25, -0.2) is 0 Å². The number of piperazine rings is 1. The molecule has 33 heavy (non-hydrogen) atoms. The summed E-state index contributed by atoms with van der Waals surface area (Å²) in [5.41, 5.74) is 2.52. The largest absolute Gasteiger partial charge is 0.493 e. The summed E-state index contributed by atoms with van der Waals surface area (Å²) in [6.45, 7) is 7.02. The number of amides is 1. The first-order chi connectivity index (χ1) is 16.0. The van der Waals surface area contributed by atoms with Gasteiger partial charge in [-0.05, 0) is 56.0 Å². The van der Waals surface area contributed by atoms with Gasteiger partial charge < -0.3 is 23.4 Å². The Morgan fingerprint density at radius 3 is 2.73 bits per heavy atom. The van der Waals surface area contributed by atoms with Gasteiger partial charge in [0.1, 0.15) is 11.8 Å². The molecule has 0 saturated carbocycles. The van der Waals surface area contributed by atoms with Crippen molar-refractivity contribution in [2.24, 2.45) is 0 Å². The Morgan fingerprint density at radius 2 is 2.00 bits per heavy atom. The van der Waals surface area contributed by atoms with Crippen molar-refractivity contribution in [1.82, 2.24) is 9.88 Å². The van der Waals surface area contributed by atoms with Crippen LogP contribution in [0.2, 0.25) is 0 Å². The van der Waals surface area contributed by atoms with Crippen molar-refractivity contribution in [2.75, 3.05) is 37.7 Å². The maximum absolute atomic E-state index is 12.6. The Morgan fingerprint density at radius 1 is 1.18 bits per heavy atom. The number of rotatable bonds is 8. The number of hydrogen-bond donors (Lipinski definition) is 0. The van der Waals surface area contributed by atoms with Crippen LogP contribution in [0, 0.1) is 25.2 Å². The number of nitriles is 1. The predicted molar refractivity (Wildman–Crippen MR) is 123 cm³/mol. The minimum atomic E-state index is 0.149. The van der Waals surface area contributed by atoms with E-state index in [1.54, 1.807) is 12.1 Å². The third-order valence-electron chi connectivity index (χ3n) is 5.75. The lowest BCUT2D eigenvalue weighted by Gasteiger charge is -2.34. The Labute approximate surface area is 193 Å². The van der Waals surface area contributed by atoms with Gasteiger partial charge in [-0.15, -0.1) is 0 Å². The first kappa shape index (κ1) is 22.5. The summed E-state index contributed by atoms with van der Waals surface area (Å²) >= 11 is 0. The highest BCUT2D eigenvalue weighted by atomic mass is 16.5. The van der Waals surface area contributed by atoms with E-state index in [0.717, 1.165) is 24.2 Å². The van der Waals surface area contributed by atoms with E-state index in [1.165, 1.54) is 11.8 Å². The number of unbranched alkanes of at least 4 members (excludes halogenated alkanes) is 1. The number of carbonyl (C=O) groups is 1. The van der Waals surface area contributed by atoms with Crippen LogP contribution in [0.1, 0.15) is 36.1 Å². The molecule has 0 spiro atoms. The second-order valence-electron chi connectivity index (χ2n) is 8.20. The molecular formula is C25H28N4O4. The summed E-state index contributed by atoms with van der Waals surface area (Å²) < 4.78 is 17.0. The Hall–Kier alpha value is -3.73. The molecular weight excluding hydrogens is 420 g/mol. The highest BCUT2D eigenvalue weighted by Crippen LogP contribution is 2.29. The minimum Gasteiger partial charge on any atom is -0.493 e. The Bertz CT molecular complexity index is 1120. The first-order valence-electron chi connectivity index (χ1n) is 11.2. The summed E-state index contributed by atoms with van der Waals surface area (Å²) in [7, 11) is 0. The molecule has 1 aliphatic rings. The Balaban J connectivity index is 1.22. The number of carbonyl (C=O) groups excluding carboxylic acids is 1. The molecule has 3 aromatic rings. The molecule has 0 unspecified atom stereocenters. The fourth-order valence-electron chi connectivity index (χ4n) is 3.85. The van der Waals surface area contributed by atoms with Crippen LogP contribution in [-0.4, -0.2) is 48.6 Å². The molecule has 172 valence electrons. The van der Waals surface area contributed by atoms with Gasteiger partial charge in [-0.1, -0.05) is 12.1 Å². The molecule has 2 aromatic heterocycles. The molecule has 0 radical (unpaired) electrons. The molecule has 1 fully saturated rings. The summed E-state index contributed by atoms with van der Waals surface area (Å²) in [6.07, 6.45) is 3.66. The smallest absolute Gasteiger partial charge is 0.266 e. The van der Waals surface area contributed by atoms with Gasteiger partial charge in [-0.3, -0.25) is 4.79 Å². The second kappa shape index (κ2) is 10.3. The standard InChI is InChI=1S/C25H28N4O4/c1-18-8-9-19(2)22(16-18)32-14-4-3-7-23(30)28-10-12-29(13-11-28)25-20(17-26)27-24(33-25)21-6-5-15-31-21/h5-6,8-9,15-16H,3-4,7,10-14H2,1-2H3. The number of nitrogens with zero attached hydrogens (tertiary/aromatic N) is 4. The lowest BCUT2D eigenvalue weighted by Crippen LogP contribution is -2.48. The molecule has 8 nitrogen and oxygen atoms in total. The number of anilines is 1. The van der Waals surface area contributed by atoms with E-state index in [2.05, 4.69) is 23.2 Å². The van der Waals surface area contributed by atoms with Gasteiger partial charge in [0.25, 0.3) is 5.89 Å². The summed E-state index contributed by atoms with van der Waals surface area (Å²) in [5, 5.41) is 9.44. The van der Waals surface area contributed by atoms with Crippen molar-refractivity contribution in [3.8, 4) is 23.5 Å². The van der Waals surface area contributed by atoms with E-state index in [4.69, 9.17) is 13.6 Å². The summed E-state index contributed by atoms with van der Waals surface area (Å²) in [4.78, 5) is 20.7. The van der Waals surface area contributed by atoms with Crippen molar-refractivity contribution >= 4 is 11.8 Å². The maximum atomic E-state index is 12.6. The third kappa shape index (κ3) is 5.37. The summed E-state index contributed by atoms with van der Waals surface area (Å²) in [5.74, 6) is 2.26. The van der Waals surface area contributed by atoms with Crippen molar-refractivity contribution in [3.63, 3.8) is 0 Å². The molecule has 0 atom stereocenters. The van der Waals surface area contributed by atoms with Crippen molar-refractivity contribution in [1.29, 1.82) is 5.26 Å². The Kier molecular flexibility index (Phi) is 6.98. The predicted octanol–water partition coefficient (Wildman–Crippen LogP) is 4.32. The highest BCUT2D eigenvalue weighted by molar-refractivity contribution is 5.76. The number of oxazole rings is 1. The molecule has 0 N–H and O–H groups in total. The van der Waals surface area contributed by atoms with Crippen LogP contribution in [0.4, 0.5) is 5.88 Å². The average molecular weight is 449 g/mol. The van der Waals surface area contributed by atoms with Gasteiger partial charge in [-0.2, -0.15) is 10.2 Å². The van der Waals surface area contributed by atoms with Crippen LogP contribution in [0.3, 0.4) is 0 Å². The molecule has 1 aromatic carbocycles. The molecule has 1 saturated heterocycles. The van der Waals surface area contributed by atoms with Crippen molar-refractivity contribution < 1.29 is 18.4 Å². The molecule has 0 bridgehead atoms. The first-order valence-corrected chi connectivity index (χ1v) is 11.2. The zero-order chi connectivity index (χ0) is 23.2. The monoisotopic (exact) mass is 448 g/mol. The molecule has 4 rings (SSSR count). The average Bonchev–Trinajstić information content (AvgIpc) is 3.51. The van der Waals surface area contributed by atoms with Gasteiger partial charge in [0, 0.05) is 32.6 Å². The van der Waals surface area contributed by atoms with Gasteiger partial charge in [0.15, 0.2) is 5.76 Å². The van der Waals surface area contributed by atoms with Gasteiger partial charge in [0.2, 0.25) is 17.5 Å².